The maximum absolute atomic E-state index is 13.3. The fourth-order valence-electron chi connectivity index (χ4n) is 3.44. The van der Waals surface area contributed by atoms with Crippen LogP contribution in [0.1, 0.15) is 31.0 Å². The number of esters is 1. The smallest absolute Gasteiger partial charge is 0.338 e. The van der Waals surface area contributed by atoms with E-state index in [0.29, 0.717) is 20.6 Å². The molecule has 1 aliphatic heterocycles. The molecule has 2 heterocycles. The molecule has 0 fully saturated rings. The van der Waals surface area contributed by atoms with Crippen LogP contribution < -0.4 is 14.9 Å². The second kappa shape index (κ2) is 8.01. The number of hydrogen-bond donors (Lipinski definition) is 0. The molecule has 0 unspecified atom stereocenters. The van der Waals surface area contributed by atoms with Gasteiger partial charge in [0.05, 0.1) is 28.5 Å². The minimum Gasteiger partial charge on any atom is -0.463 e. The van der Waals surface area contributed by atoms with E-state index in [1.165, 1.54) is 11.3 Å². The Bertz CT molecular complexity index is 1250. The van der Waals surface area contributed by atoms with Gasteiger partial charge in [0.25, 0.3) is 5.56 Å². The monoisotopic (exact) mass is 404 g/mol. The molecular formula is C23H20N2O3S. The van der Waals surface area contributed by atoms with Crippen LogP contribution in [0.3, 0.4) is 0 Å². The predicted molar refractivity (Wildman–Crippen MR) is 113 cm³/mol. The van der Waals surface area contributed by atoms with Gasteiger partial charge in [-0.1, -0.05) is 72.0 Å². The molecule has 146 valence electrons. The summed E-state index contributed by atoms with van der Waals surface area (Å²) in [6, 6.07) is 18.6. The third kappa shape index (κ3) is 3.59. The van der Waals surface area contributed by atoms with E-state index < -0.39 is 12.0 Å². The Labute approximate surface area is 171 Å². The summed E-state index contributed by atoms with van der Waals surface area (Å²) in [4.78, 5) is 31.2. The molecule has 3 aromatic rings. The van der Waals surface area contributed by atoms with Crippen LogP contribution in [0.25, 0.3) is 6.08 Å². The fraction of sp³-hybridized carbons (Fsp3) is 0.174. The number of allylic oxidation sites excluding steroid dienone is 1. The minimum atomic E-state index is -0.565. The van der Waals surface area contributed by atoms with Gasteiger partial charge in [0.2, 0.25) is 0 Å². The molecule has 0 N–H and O–H groups in total. The Balaban J connectivity index is 1.96. The highest BCUT2D eigenvalue weighted by Crippen LogP contribution is 2.30. The first-order valence-corrected chi connectivity index (χ1v) is 10.2. The van der Waals surface area contributed by atoms with Gasteiger partial charge in [0, 0.05) is 0 Å². The van der Waals surface area contributed by atoms with Gasteiger partial charge in [-0.25, -0.2) is 9.79 Å². The topological polar surface area (TPSA) is 60.7 Å². The second-order valence-corrected chi connectivity index (χ2v) is 7.63. The van der Waals surface area contributed by atoms with Crippen molar-refractivity contribution in [3.63, 3.8) is 0 Å². The molecule has 6 heteroatoms. The standard InChI is InChI=1S/C23H20N2O3S/c1-3-28-22(27)19-15(2)24-23-25(20(19)17-12-8-5-9-13-17)21(26)18(29-23)14-16-10-6-4-7-11-16/h4-14,20H,3H2,1-2H3/b18-14+/t20-/m1/s1. The number of fused-ring (bicyclic) bond motifs is 1. The Morgan fingerprint density at radius 2 is 1.79 bits per heavy atom. The fourth-order valence-corrected chi connectivity index (χ4v) is 4.49. The zero-order valence-electron chi connectivity index (χ0n) is 16.2. The maximum atomic E-state index is 13.3. The van der Waals surface area contributed by atoms with Gasteiger partial charge in [-0.2, -0.15) is 0 Å². The average Bonchev–Trinajstić information content (AvgIpc) is 3.03. The molecule has 1 aliphatic rings. The van der Waals surface area contributed by atoms with Gasteiger partial charge in [-0.05, 0) is 31.1 Å². The van der Waals surface area contributed by atoms with E-state index in [2.05, 4.69) is 4.99 Å². The highest BCUT2D eigenvalue weighted by Gasteiger charge is 2.33. The molecule has 0 spiro atoms. The predicted octanol–water partition coefficient (Wildman–Crippen LogP) is 2.80. The van der Waals surface area contributed by atoms with Crippen molar-refractivity contribution in [2.75, 3.05) is 6.61 Å². The summed E-state index contributed by atoms with van der Waals surface area (Å²) in [5.74, 6) is -0.444. The average molecular weight is 404 g/mol. The van der Waals surface area contributed by atoms with E-state index in [4.69, 9.17) is 4.74 Å². The molecule has 0 amide bonds. The lowest BCUT2D eigenvalue weighted by atomic mass is 9.96. The van der Waals surface area contributed by atoms with Crippen LogP contribution in [-0.4, -0.2) is 17.1 Å². The number of ether oxygens (including phenoxy) is 1. The third-order valence-corrected chi connectivity index (χ3v) is 5.71. The number of carbonyl (C=O) groups is 1. The molecule has 4 rings (SSSR count). The van der Waals surface area contributed by atoms with Crippen LogP contribution in [0.2, 0.25) is 0 Å². The van der Waals surface area contributed by atoms with Gasteiger partial charge in [0.1, 0.15) is 0 Å². The van der Waals surface area contributed by atoms with Gasteiger partial charge in [0.15, 0.2) is 4.80 Å². The Morgan fingerprint density at radius 1 is 1.14 bits per heavy atom. The van der Waals surface area contributed by atoms with Gasteiger partial charge < -0.3 is 4.74 Å². The highest BCUT2D eigenvalue weighted by molar-refractivity contribution is 7.07. The van der Waals surface area contributed by atoms with Crippen molar-refractivity contribution >= 4 is 23.4 Å². The van der Waals surface area contributed by atoms with E-state index in [1.54, 1.807) is 18.4 Å². The molecule has 1 aromatic heterocycles. The SMILES string of the molecule is CCOC(=O)C1=C(C)N=c2s/c(=C/c3ccccc3)c(=O)n2[C@@H]1c1ccccc1. The molecule has 0 saturated heterocycles. The van der Waals surface area contributed by atoms with Crippen molar-refractivity contribution in [1.29, 1.82) is 0 Å². The maximum Gasteiger partial charge on any atom is 0.338 e. The molecule has 5 nitrogen and oxygen atoms in total. The quantitative estimate of drug-likeness (QED) is 0.629. The molecule has 0 radical (unpaired) electrons. The summed E-state index contributed by atoms with van der Waals surface area (Å²) < 4.78 is 7.47. The first-order chi connectivity index (χ1) is 14.1. The van der Waals surface area contributed by atoms with Crippen molar-refractivity contribution in [3.8, 4) is 0 Å². The first-order valence-electron chi connectivity index (χ1n) is 9.40. The summed E-state index contributed by atoms with van der Waals surface area (Å²) in [6.45, 7) is 3.81. The van der Waals surface area contributed by atoms with Crippen molar-refractivity contribution < 1.29 is 9.53 Å². The Hall–Kier alpha value is -3.25. The number of aromatic nitrogens is 1. The Kier molecular flexibility index (Phi) is 5.27. The summed E-state index contributed by atoms with van der Waals surface area (Å²) in [7, 11) is 0. The van der Waals surface area contributed by atoms with Crippen LogP contribution in [0.15, 0.2) is 81.7 Å². The first kappa shape index (κ1) is 19.1. The van der Waals surface area contributed by atoms with Crippen molar-refractivity contribution in [3.05, 3.63) is 103 Å². The van der Waals surface area contributed by atoms with Crippen molar-refractivity contribution in [1.82, 2.24) is 4.57 Å². The highest BCUT2D eigenvalue weighted by atomic mass is 32.1. The summed E-state index contributed by atoms with van der Waals surface area (Å²) in [5.41, 5.74) is 2.59. The molecule has 2 aromatic carbocycles. The van der Waals surface area contributed by atoms with Crippen LogP contribution in [0.4, 0.5) is 0 Å². The number of nitrogens with zero attached hydrogens (tertiary/aromatic N) is 2. The van der Waals surface area contributed by atoms with Gasteiger partial charge >= 0.3 is 5.97 Å². The zero-order chi connectivity index (χ0) is 20.4. The van der Waals surface area contributed by atoms with E-state index in [1.807, 2.05) is 66.7 Å². The third-order valence-electron chi connectivity index (χ3n) is 4.73. The summed E-state index contributed by atoms with van der Waals surface area (Å²) in [5, 5.41) is 0. The molecule has 1 atom stereocenters. The number of benzene rings is 2. The molecular weight excluding hydrogens is 384 g/mol. The van der Waals surface area contributed by atoms with E-state index >= 15 is 0 Å². The lowest BCUT2D eigenvalue weighted by Crippen LogP contribution is -2.39. The van der Waals surface area contributed by atoms with Crippen LogP contribution in [0.5, 0.6) is 0 Å². The minimum absolute atomic E-state index is 0.166. The van der Waals surface area contributed by atoms with E-state index in [-0.39, 0.29) is 12.2 Å². The number of carbonyl (C=O) groups excluding carboxylic acids is 1. The largest absolute Gasteiger partial charge is 0.463 e. The number of rotatable bonds is 4. The lowest BCUT2D eigenvalue weighted by molar-refractivity contribution is -0.139. The van der Waals surface area contributed by atoms with Crippen LogP contribution in [0, 0.1) is 0 Å². The van der Waals surface area contributed by atoms with E-state index in [0.717, 1.165) is 11.1 Å². The summed E-state index contributed by atoms with van der Waals surface area (Å²) >= 11 is 1.33. The Morgan fingerprint density at radius 3 is 2.45 bits per heavy atom. The second-order valence-electron chi connectivity index (χ2n) is 6.62. The van der Waals surface area contributed by atoms with Crippen LogP contribution >= 0.6 is 11.3 Å². The van der Waals surface area contributed by atoms with Crippen molar-refractivity contribution in [2.24, 2.45) is 4.99 Å². The molecule has 0 saturated carbocycles. The zero-order valence-corrected chi connectivity index (χ0v) is 17.0. The molecule has 0 aliphatic carbocycles. The van der Waals surface area contributed by atoms with Crippen LogP contribution in [-0.2, 0) is 9.53 Å². The van der Waals surface area contributed by atoms with Crippen molar-refractivity contribution in [2.45, 2.75) is 19.9 Å². The summed E-state index contributed by atoms with van der Waals surface area (Å²) in [6.07, 6.45) is 1.86. The number of thiazole rings is 1. The van der Waals surface area contributed by atoms with Gasteiger partial charge in [-0.3, -0.25) is 9.36 Å². The van der Waals surface area contributed by atoms with E-state index in [9.17, 15) is 9.59 Å². The lowest BCUT2D eigenvalue weighted by Gasteiger charge is -2.24. The van der Waals surface area contributed by atoms with Gasteiger partial charge in [-0.15, -0.1) is 0 Å². The normalized spacial score (nSPS) is 16.3. The molecule has 29 heavy (non-hydrogen) atoms. The molecule has 0 bridgehead atoms. The number of hydrogen-bond acceptors (Lipinski definition) is 5.